The van der Waals surface area contributed by atoms with E-state index in [0.29, 0.717) is 11.3 Å². The molecule has 5 rings (SSSR count). The summed E-state index contributed by atoms with van der Waals surface area (Å²) in [5, 5.41) is 22.9. The van der Waals surface area contributed by atoms with Gasteiger partial charge in [-0.2, -0.15) is 5.26 Å². The molecule has 0 radical (unpaired) electrons. The summed E-state index contributed by atoms with van der Waals surface area (Å²) in [4.78, 5) is 35.4. The first-order valence-electron chi connectivity index (χ1n) is 14.7. The van der Waals surface area contributed by atoms with E-state index in [2.05, 4.69) is 22.9 Å². The highest BCUT2D eigenvalue weighted by molar-refractivity contribution is 6.39. The lowest BCUT2D eigenvalue weighted by Gasteiger charge is -2.45. The third-order valence-electron chi connectivity index (χ3n) is 8.55. The summed E-state index contributed by atoms with van der Waals surface area (Å²) in [7, 11) is 0. The topological polar surface area (TPSA) is 114 Å². The molecule has 246 valence electrons. The number of carbonyl (C=O) groups excluding carboxylic acids is 1. The van der Waals surface area contributed by atoms with Crippen LogP contribution in [0.2, 0.25) is 15.1 Å². The maximum atomic E-state index is 14.9. The molecule has 2 aliphatic heterocycles. The Bertz CT molecular complexity index is 1980. The largest absolute Gasteiger partial charge is 0.504 e. The maximum absolute atomic E-state index is 14.9. The van der Waals surface area contributed by atoms with Gasteiger partial charge in [0.2, 0.25) is 5.91 Å². The monoisotopic (exact) mass is 702 g/mol. The van der Waals surface area contributed by atoms with Crippen molar-refractivity contribution < 1.29 is 18.7 Å². The number of rotatable bonds is 5. The summed E-state index contributed by atoms with van der Waals surface area (Å²) >= 11 is 18.7. The lowest BCUT2D eigenvalue weighted by Crippen LogP contribution is -2.58. The molecule has 2 N–H and O–H groups in total. The molecular formula is C33H31Cl3F2N6O3. The average molecular weight is 704 g/mol. The van der Waals surface area contributed by atoms with E-state index in [0.717, 1.165) is 0 Å². The third-order valence-corrected chi connectivity index (χ3v) is 9.52. The Kier molecular flexibility index (Phi) is 9.34. The Labute approximate surface area is 284 Å². The number of benzene rings is 1. The first kappa shape index (κ1) is 34.2. The van der Waals surface area contributed by atoms with E-state index in [-0.39, 0.29) is 70.0 Å². The smallest absolute Gasteiger partial charge is 0.276 e. The number of hydrogen-bond acceptors (Lipinski definition) is 7. The molecule has 1 aromatic carbocycles. The lowest BCUT2D eigenvalue weighted by atomic mass is 9.94. The van der Waals surface area contributed by atoms with E-state index < -0.39 is 44.6 Å². The van der Waals surface area contributed by atoms with Crippen molar-refractivity contribution in [3.05, 3.63) is 79.2 Å². The second-order valence-corrected chi connectivity index (χ2v) is 13.2. The number of anilines is 1. The van der Waals surface area contributed by atoms with E-state index in [4.69, 9.17) is 34.8 Å². The van der Waals surface area contributed by atoms with E-state index in [1.165, 1.54) is 16.7 Å². The molecule has 4 heterocycles. The number of phenolic OH excluding ortho intramolecular Hbond substituents is 1. The number of hydrogen-bond donors (Lipinski definition) is 2. The Balaban J connectivity index is 1.92. The standard InChI is InChI=1S/C33H31Cl3F2N6O3/c1-7-21(45)43-16(5)12-42(13-17(43)6)30-18-10-20(34)28(22-23(35)25(37)24(36)26(38)31(22)46)41-32(18)44(33(47)19(30)11-39)29-15(4)8-9-40-27(29)14(2)3/h7-10,14,16-17,27,40,46H,1,12-13H2,2-6H3/t16-,17+,27-/m1/s1. The minimum atomic E-state index is -1.46. The number of carbonyl (C=O) groups is 1. The van der Waals surface area contributed by atoms with E-state index in [1.807, 2.05) is 39.5 Å². The van der Waals surface area contributed by atoms with Crippen molar-refractivity contribution in [2.75, 3.05) is 18.0 Å². The van der Waals surface area contributed by atoms with Gasteiger partial charge in [0.05, 0.1) is 38.7 Å². The van der Waals surface area contributed by atoms with Crippen LogP contribution in [-0.4, -0.2) is 56.7 Å². The zero-order valence-electron chi connectivity index (χ0n) is 26.1. The van der Waals surface area contributed by atoms with Gasteiger partial charge in [-0.25, -0.2) is 13.8 Å². The average Bonchev–Trinajstić information content (AvgIpc) is 3.02. The molecule has 14 heteroatoms. The van der Waals surface area contributed by atoms with E-state index in [9.17, 15) is 28.7 Å². The third kappa shape index (κ3) is 5.52. The van der Waals surface area contributed by atoms with Crippen LogP contribution in [0.25, 0.3) is 28.0 Å². The van der Waals surface area contributed by atoms with Crippen molar-refractivity contribution in [2.45, 2.75) is 52.7 Å². The predicted molar refractivity (Wildman–Crippen MR) is 181 cm³/mol. The van der Waals surface area contributed by atoms with Crippen LogP contribution in [0, 0.1) is 28.9 Å². The van der Waals surface area contributed by atoms with Crippen molar-refractivity contribution in [3.8, 4) is 23.1 Å². The fourth-order valence-electron chi connectivity index (χ4n) is 6.49. The quantitative estimate of drug-likeness (QED) is 0.170. The minimum Gasteiger partial charge on any atom is -0.504 e. The Hall–Kier alpha value is -4.11. The number of aromatic nitrogens is 2. The van der Waals surface area contributed by atoms with Gasteiger partial charge in [0.15, 0.2) is 17.4 Å². The number of aromatic hydroxyl groups is 1. The number of halogens is 5. The van der Waals surface area contributed by atoms with Crippen LogP contribution < -0.4 is 15.8 Å². The van der Waals surface area contributed by atoms with E-state index >= 15 is 0 Å². The number of nitriles is 1. The van der Waals surface area contributed by atoms with Gasteiger partial charge in [-0.15, -0.1) is 0 Å². The molecule has 0 aliphatic carbocycles. The molecule has 0 bridgehead atoms. The number of phenols is 1. The zero-order chi connectivity index (χ0) is 34.6. The number of piperazine rings is 1. The van der Waals surface area contributed by atoms with Gasteiger partial charge in [-0.1, -0.05) is 55.2 Å². The number of amides is 1. The van der Waals surface area contributed by atoms with Crippen LogP contribution in [0.4, 0.5) is 14.5 Å². The van der Waals surface area contributed by atoms with Crippen molar-refractivity contribution in [1.29, 1.82) is 5.26 Å². The highest BCUT2D eigenvalue weighted by atomic mass is 35.5. The fourth-order valence-corrected chi connectivity index (χ4v) is 7.24. The molecule has 0 spiro atoms. The second-order valence-electron chi connectivity index (χ2n) is 12.0. The molecule has 0 unspecified atom stereocenters. The van der Waals surface area contributed by atoms with Gasteiger partial charge >= 0.3 is 0 Å². The number of nitrogens with one attached hydrogen (secondary N) is 1. The van der Waals surface area contributed by atoms with E-state index in [1.54, 1.807) is 17.2 Å². The van der Waals surface area contributed by atoms with Crippen molar-refractivity contribution in [3.63, 3.8) is 0 Å². The summed E-state index contributed by atoms with van der Waals surface area (Å²) in [6, 6.07) is 2.43. The fraction of sp³-hybridized carbons (Fsp3) is 0.333. The highest BCUT2D eigenvalue weighted by Gasteiger charge is 2.36. The molecular weight excluding hydrogens is 673 g/mol. The van der Waals surface area contributed by atoms with Crippen LogP contribution >= 0.6 is 34.8 Å². The first-order chi connectivity index (χ1) is 22.2. The lowest BCUT2D eigenvalue weighted by molar-refractivity contribution is -0.130. The van der Waals surface area contributed by atoms with Crippen LogP contribution in [0.1, 0.15) is 40.2 Å². The van der Waals surface area contributed by atoms with Gasteiger partial charge in [-0.05, 0) is 56.7 Å². The van der Waals surface area contributed by atoms with Crippen LogP contribution in [-0.2, 0) is 4.79 Å². The molecule has 2 aliphatic rings. The number of pyridine rings is 2. The van der Waals surface area contributed by atoms with Crippen molar-refractivity contribution in [2.24, 2.45) is 5.92 Å². The van der Waals surface area contributed by atoms with Gasteiger partial charge in [0.1, 0.15) is 22.3 Å². The Morgan fingerprint density at radius 2 is 1.83 bits per heavy atom. The van der Waals surface area contributed by atoms with Crippen molar-refractivity contribution >= 4 is 63.1 Å². The Morgan fingerprint density at radius 3 is 2.40 bits per heavy atom. The van der Waals surface area contributed by atoms with Gasteiger partial charge in [0, 0.05) is 30.6 Å². The second kappa shape index (κ2) is 12.8. The summed E-state index contributed by atoms with van der Waals surface area (Å²) in [5.41, 5.74) is -0.337. The number of allylic oxidation sites excluding steroid dienone is 2. The molecule has 9 nitrogen and oxygen atoms in total. The number of fused-ring (bicyclic) bond motifs is 1. The number of nitrogens with zero attached hydrogens (tertiary/aromatic N) is 5. The molecule has 1 saturated heterocycles. The van der Waals surface area contributed by atoms with Gasteiger partial charge in [-0.3, -0.25) is 14.2 Å². The molecule has 3 aromatic rings. The van der Waals surface area contributed by atoms with Crippen LogP contribution in [0.5, 0.6) is 5.75 Å². The highest BCUT2D eigenvalue weighted by Crippen LogP contribution is 2.46. The first-order valence-corrected chi connectivity index (χ1v) is 15.9. The normalized spacial score (nSPS) is 19.7. The minimum absolute atomic E-state index is 0.00311. The van der Waals surface area contributed by atoms with Gasteiger partial charge < -0.3 is 20.2 Å². The number of dihydropyridines is 1. The molecule has 47 heavy (non-hydrogen) atoms. The zero-order valence-corrected chi connectivity index (χ0v) is 28.4. The SMILES string of the molecule is C=CC(=O)N1[C@H](C)CN(c2c(C#N)c(=O)n(C3=C(C)C=CN[C@@H]3C(C)C)c3nc(-c4c(O)c(F)c(Cl)c(F)c4Cl)c(Cl)cc23)C[C@@H]1C. The molecule has 0 saturated carbocycles. The molecule has 2 aromatic heterocycles. The molecule has 3 atom stereocenters. The molecule has 1 amide bonds. The van der Waals surface area contributed by atoms with Crippen LogP contribution in [0.15, 0.2) is 41.4 Å². The van der Waals surface area contributed by atoms with Crippen LogP contribution in [0.3, 0.4) is 0 Å². The predicted octanol–water partition coefficient (Wildman–Crippen LogP) is 6.86. The maximum Gasteiger partial charge on any atom is 0.276 e. The summed E-state index contributed by atoms with van der Waals surface area (Å²) in [6.45, 7) is 13.5. The molecule has 1 fully saturated rings. The summed E-state index contributed by atoms with van der Waals surface area (Å²) in [6.07, 6.45) is 4.77. The van der Waals surface area contributed by atoms with Crippen molar-refractivity contribution in [1.82, 2.24) is 19.8 Å². The summed E-state index contributed by atoms with van der Waals surface area (Å²) in [5.74, 6) is -4.17. The summed E-state index contributed by atoms with van der Waals surface area (Å²) < 4.78 is 31.1. The van der Waals surface area contributed by atoms with Gasteiger partial charge in [0.25, 0.3) is 5.56 Å². The Morgan fingerprint density at radius 1 is 1.19 bits per heavy atom.